The van der Waals surface area contributed by atoms with Crippen molar-refractivity contribution >= 4 is 27.5 Å². The summed E-state index contributed by atoms with van der Waals surface area (Å²) in [7, 11) is 1.67. The first-order valence-corrected chi connectivity index (χ1v) is 10.2. The van der Waals surface area contributed by atoms with Gasteiger partial charge in [-0.05, 0) is 53.0 Å². The van der Waals surface area contributed by atoms with E-state index in [2.05, 4.69) is 38.3 Å². The molecule has 0 saturated carbocycles. The first kappa shape index (κ1) is 19.1. The summed E-state index contributed by atoms with van der Waals surface area (Å²) in [6.07, 6.45) is 2.11. The summed E-state index contributed by atoms with van der Waals surface area (Å²) in [6, 6.07) is 12.0. The second-order valence-electron chi connectivity index (χ2n) is 6.93. The van der Waals surface area contributed by atoms with E-state index in [9.17, 15) is 4.79 Å². The monoisotopic (exact) mass is 446 g/mol. The van der Waals surface area contributed by atoms with Crippen molar-refractivity contribution in [3.63, 3.8) is 0 Å². The molecule has 28 heavy (non-hydrogen) atoms. The van der Waals surface area contributed by atoms with Gasteiger partial charge in [-0.2, -0.15) is 0 Å². The fourth-order valence-electron chi connectivity index (χ4n) is 3.78. The fourth-order valence-corrected chi connectivity index (χ4v) is 4.20. The first-order valence-electron chi connectivity index (χ1n) is 9.41. The van der Waals surface area contributed by atoms with Gasteiger partial charge in [-0.25, -0.2) is 0 Å². The minimum absolute atomic E-state index is 0.0489. The highest BCUT2D eigenvalue weighted by Crippen LogP contribution is 2.38. The zero-order chi connectivity index (χ0) is 19.5. The lowest BCUT2D eigenvalue weighted by molar-refractivity contribution is -0.117. The van der Waals surface area contributed by atoms with Crippen LogP contribution in [0.25, 0.3) is 0 Å². The van der Waals surface area contributed by atoms with Crippen LogP contribution in [0.4, 0.5) is 5.69 Å². The first-order chi connectivity index (χ1) is 13.6. The molecule has 148 valence electrons. The number of carbonyl (C=O) groups excluding carboxylic acids is 1. The summed E-state index contributed by atoms with van der Waals surface area (Å²) in [5.74, 6) is 2.13. The Bertz CT molecular complexity index is 873. The summed E-state index contributed by atoms with van der Waals surface area (Å²) in [5, 5.41) is 2.99. The second kappa shape index (κ2) is 8.41. The van der Waals surface area contributed by atoms with Crippen LogP contribution < -0.4 is 19.5 Å². The summed E-state index contributed by atoms with van der Waals surface area (Å²) < 4.78 is 17.3. The molecule has 1 N–H and O–H groups in total. The fraction of sp³-hybridized carbons (Fsp3) is 0.381. The molecule has 1 fully saturated rings. The number of hydrogen-bond donors (Lipinski definition) is 1. The smallest absolute Gasteiger partial charge is 0.238 e. The molecule has 6 nitrogen and oxygen atoms in total. The quantitative estimate of drug-likeness (QED) is 0.751. The zero-order valence-electron chi connectivity index (χ0n) is 15.7. The molecule has 1 saturated heterocycles. The van der Waals surface area contributed by atoms with Crippen LogP contribution in [0.2, 0.25) is 0 Å². The number of methoxy groups -OCH3 is 1. The minimum Gasteiger partial charge on any atom is -0.497 e. The van der Waals surface area contributed by atoms with E-state index in [1.54, 1.807) is 13.2 Å². The maximum absolute atomic E-state index is 12.7. The van der Waals surface area contributed by atoms with E-state index in [0.717, 1.165) is 29.6 Å². The molecular weight excluding hydrogens is 424 g/mol. The van der Waals surface area contributed by atoms with Crippen LogP contribution in [0.15, 0.2) is 40.9 Å². The van der Waals surface area contributed by atoms with Crippen LogP contribution in [0.1, 0.15) is 24.4 Å². The highest BCUT2D eigenvalue weighted by Gasteiger charge is 2.28. The van der Waals surface area contributed by atoms with Gasteiger partial charge in [-0.1, -0.05) is 12.1 Å². The number of nitrogens with zero attached hydrogens (tertiary/aromatic N) is 1. The lowest BCUT2D eigenvalue weighted by Crippen LogP contribution is -2.33. The number of anilines is 1. The van der Waals surface area contributed by atoms with Crippen LogP contribution >= 0.6 is 15.9 Å². The molecule has 2 heterocycles. The van der Waals surface area contributed by atoms with Crippen molar-refractivity contribution in [3.8, 4) is 17.2 Å². The van der Waals surface area contributed by atoms with Gasteiger partial charge < -0.3 is 19.5 Å². The average Bonchev–Trinajstić information content (AvgIpc) is 3.16. The average molecular weight is 447 g/mol. The Morgan fingerprint density at radius 1 is 1.25 bits per heavy atom. The number of halogens is 1. The molecule has 4 rings (SSSR count). The summed E-state index contributed by atoms with van der Waals surface area (Å²) >= 11 is 3.50. The molecule has 1 atom stereocenters. The topological polar surface area (TPSA) is 60.0 Å². The minimum atomic E-state index is -0.0489. The third-order valence-electron chi connectivity index (χ3n) is 5.09. The van der Waals surface area contributed by atoms with E-state index in [1.165, 1.54) is 5.56 Å². The van der Waals surface area contributed by atoms with Crippen LogP contribution in [0.3, 0.4) is 0 Å². The molecule has 2 aromatic rings. The molecule has 1 unspecified atom stereocenters. The van der Waals surface area contributed by atoms with Crippen LogP contribution in [-0.4, -0.2) is 44.2 Å². The SMILES string of the molecule is COc1cccc(C2CCCN2CC(=O)Nc2cc3c(cc2Br)OCCO3)c1. The number of nitrogens with one attached hydrogen (secondary N) is 1. The van der Waals surface area contributed by atoms with Crippen molar-refractivity contribution in [2.75, 3.05) is 38.7 Å². The van der Waals surface area contributed by atoms with Crippen molar-refractivity contribution in [1.82, 2.24) is 4.90 Å². The highest BCUT2D eigenvalue weighted by atomic mass is 79.9. The van der Waals surface area contributed by atoms with Gasteiger partial charge in [-0.3, -0.25) is 9.69 Å². The number of ether oxygens (including phenoxy) is 3. The number of benzene rings is 2. The number of likely N-dealkylation sites (tertiary alicyclic amines) is 1. The Morgan fingerprint density at radius 2 is 2.04 bits per heavy atom. The molecule has 2 aromatic carbocycles. The Hall–Kier alpha value is -2.25. The largest absolute Gasteiger partial charge is 0.497 e. The standard InChI is InChI=1S/C21H23BrN2O4/c1-26-15-5-2-4-14(10-15)18-6-3-7-24(18)13-21(25)23-17-12-20-19(11-16(17)22)27-8-9-28-20/h2,4-5,10-12,18H,3,6-9,13H2,1H3,(H,23,25). The van der Waals surface area contributed by atoms with Gasteiger partial charge in [0.05, 0.1) is 19.3 Å². The van der Waals surface area contributed by atoms with Gasteiger partial charge in [0.25, 0.3) is 0 Å². The molecule has 1 amide bonds. The van der Waals surface area contributed by atoms with Gasteiger partial charge in [0.1, 0.15) is 19.0 Å². The van der Waals surface area contributed by atoms with Crippen molar-refractivity contribution in [1.29, 1.82) is 0 Å². The second-order valence-corrected chi connectivity index (χ2v) is 7.78. The molecule has 0 radical (unpaired) electrons. The number of fused-ring (bicyclic) bond motifs is 1. The third kappa shape index (κ3) is 4.10. The Balaban J connectivity index is 1.44. The van der Waals surface area contributed by atoms with Crippen molar-refractivity contribution in [2.45, 2.75) is 18.9 Å². The van der Waals surface area contributed by atoms with Gasteiger partial charge in [0.15, 0.2) is 11.5 Å². The van der Waals surface area contributed by atoms with Gasteiger partial charge in [0.2, 0.25) is 5.91 Å². The molecule has 7 heteroatoms. The number of carbonyl (C=O) groups is 1. The predicted octanol–water partition coefficient (Wildman–Crippen LogP) is 4.00. The number of rotatable bonds is 5. The third-order valence-corrected chi connectivity index (χ3v) is 5.75. The number of amides is 1. The molecular formula is C21H23BrN2O4. The molecule has 0 spiro atoms. The van der Waals surface area contributed by atoms with E-state index in [0.29, 0.717) is 36.9 Å². The molecule has 2 aliphatic heterocycles. The van der Waals surface area contributed by atoms with E-state index < -0.39 is 0 Å². The van der Waals surface area contributed by atoms with Gasteiger partial charge in [0, 0.05) is 22.6 Å². The maximum atomic E-state index is 12.7. The van der Waals surface area contributed by atoms with E-state index in [1.807, 2.05) is 18.2 Å². The van der Waals surface area contributed by atoms with Crippen molar-refractivity contribution < 1.29 is 19.0 Å². The Kier molecular flexibility index (Phi) is 5.73. The van der Waals surface area contributed by atoms with Crippen molar-refractivity contribution in [2.24, 2.45) is 0 Å². The molecule has 0 aromatic heterocycles. The van der Waals surface area contributed by atoms with Crippen LogP contribution in [0.5, 0.6) is 17.2 Å². The highest BCUT2D eigenvalue weighted by molar-refractivity contribution is 9.10. The molecule has 0 bridgehead atoms. The Morgan fingerprint density at radius 3 is 2.82 bits per heavy atom. The van der Waals surface area contributed by atoms with Crippen LogP contribution in [0, 0.1) is 0 Å². The molecule has 0 aliphatic carbocycles. The normalized spacial score (nSPS) is 18.7. The predicted molar refractivity (Wildman–Crippen MR) is 110 cm³/mol. The lowest BCUT2D eigenvalue weighted by atomic mass is 10.0. The van der Waals surface area contributed by atoms with Gasteiger partial charge >= 0.3 is 0 Å². The lowest BCUT2D eigenvalue weighted by Gasteiger charge is -2.25. The summed E-state index contributed by atoms with van der Waals surface area (Å²) in [6.45, 7) is 2.28. The van der Waals surface area contributed by atoms with E-state index >= 15 is 0 Å². The van der Waals surface area contributed by atoms with Crippen LogP contribution in [-0.2, 0) is 4.79 Å². The van der Waals surface area contributed by atoms with Gasteiger partial charge in [-0.15, -0.1) is 0 Å². The maximum Gasteiger partial charge on any atom is 0.238 e. The number of hydrogen-bond acceptors (Lipinski definition) is 5. The summed E-state index contributed by atoms with van der Waals surface area (Å²) in [4.78, 5) is 14.9. The van der Waals surface area contributed by atoms with E-state index in [4.69, 9.17) is 14.2 Å². The summed E-state index contributed by atoms with van der Waals surface area (Å²) in [5.41, 5.74) is 1.87. The molecule has 2 aliphatic rings. The van der Waals surface area contributed by atoms with Crippen molar-refractivity contribution in [3.05, 3.63) is 46.4 Å². The zero-order valence-corrected chi connectivity index (χ0v) is 17.3. The van der Waals surface area contributed by atoms with E-state index in [-0.39, 0.29) is 11.9 Å². The Labute approximate surface area is 172 Å².